The summed E-state index contributed by atoms with van der Waals surface area (Å²) in [5, 5.41) is 5.21. The molecule has 0 saturated heterocycles. The van der Waals surface area contributed by atoms with Gasteiger partial charge in [0.15, 0.2) is 0 Å². The van der Waals surface area contributed by atoms with Gasteiger partial charge >= 0.3 is 0 Å². The number of pyridine rings is 1. The molecule has 0 radical (unpaired) electrons. The Morgan fingerprint density at radius 1 is 1.28 bits per heavy atom. The number of amides is 3. The lowest BCUT2D eigenvalue weighted by atomic mass is 9.99. The Labute approximate surface area is 148 Å². The van der Waals surface area contributed by atoms with Gasteiger partial charge in [-0.3, -0.25) is 19.4 Å². The number of rotatable bonds is 9. The van der Waals surface area contributed by atoms with E-state index in [1.54, 1.807) is 37.3 Å². The van der Waals surface area contributed by atoms with E-state index in [4.69, 9.17) is 0 Å². The van der Waals surface area contributed by atoms with Crippen LogP contribution in [-0.4, -0.2) is 47.7 Å². The molecule has 7 heteroatoms. The minimum atomic E-state index is -0.243. The molecule has 1 aromatic rings. The molecule has 136 valence electrons. The SMILES string of the molecule is CC(=C[C@H](C(C)C)N(C)C(=O)CNC=O)C(=O)NCc1ccncc1. The molecule has 0 saturated carbocycles. The maximum absolute atomic E-state index is 12.3. The van der Waals surface area contributed by atoms with E-state index in [1.807, 2.05) is 26.0 Å². The summed E-state index contributed by atoms with van der Waals surface area (Å²) in [5.74, 6) is -0.283. The molecule has 0 bridgehead atoms. The highest BCUT2D eigenvalue weighted by Crippen LogP contribution is 2.13. The molecule has 0 aromatic carbocycles. The fraction of sp³-hybridized carbons (Fsp3) is 0.444. The van der Waals surface area contributed by atoms with Gasteiger partial charge in [0, 0.05) is 31.6 Å². The minimum Gasteiger partial charge on any atom is -0.350 e. The Hall–Kier alpha value is -2.70. The summed E-state index contributed by atoms with van der Waals surface area (Å²) >= 11 is 0. The molecule has 1 rings (SSSR count). The molecule has 1 heterocycles. The lowest BCUT2D eigenvalue weighted by Gasteiger charge is -2.29. The summed E-state index contributed by atoms with van der Waals surface area (Å²) < 4.78 is 0. The van der Waals surface area contributed by atoms with Gasteiger partial charge in [-0.15, -0.1) is 0 Å². The van der Waals surface area contributed by atoms with Gasteiger partial charge in [0.2, 0.25) is 18.2 Å². The molecule has 0 aliphatic carbocycles. The van der Waals surface area contributed by atoms with Gasteiger partial charge < -0.3 is 15.5 Å². The number of likely N-dealkylation sites (N-methyl/N-ethyl adjacent to an activating group) is 1. The molecule has 3 amide bonds. The molecule has 0 spiro atoms. The second-order valence-corrected chi connectivity index (χ2v) is 6.13. The molecule has 0 fully saturated rings. The van der Waals surface area contributed by atoms with Crippen LogP contribution in [0.25, 0.3) is 0 Å². The van der Waals surface area contributed by atoms with E-state index in [-0.39, 0.29) is 30.3 Å². The molecule has 2 N–H and O–H groups in total. The van der Waals surface area contributed by atoms with Crippen molar-refractivity contribution >= 4 is 18.2 Å². The van der Waals surface area contributed by atoms with Gasteiger partial charge in [-0.2, -0.15) is 0 Å². The van der Waals surface area contributed by atoms with Crippen molar-refractivity contribution in [1.82, 2.24) is 20.5 Å². The van der Waals surface area contributed by atoms with E-state index < -0.39 is 0 Å². The number of aromatic nitrogens is 1. The van der Waals surface area contributed by atoms with Crippen LogP contribution in [0.1, 0.15) is 26.3 Å². The molecule has 7 nitrogen and oxygen atoms in total. The number of hydrogen-bond acceptors (Lipinski definition) is 4. The topological polar surface area (TPSA) is 91.4 Å². The molecule has 0 aliphatic heterocycles. The number of hydrogen-bond donors (Lipinski definition) is 2. The number of carbonyl (C=O) groups excluding carboxylic acids is 3. The maximum Gasteiger partial charge on any atom is 0.246 e. The fourth-order valence-electron chi connectivity index (χ4n) is 2.33. The quantitative estimate of drug-likeness (QED) is 0.513. The third kappa shape index (κ3) is 6.74. The molecule has 1 aromatic heterocycles. The summed E-state index contributed by atoms with van der Waals surface area (Å²) in [4.78, 5) is 40.2. The first-order valence-electron chi connectivity index (χ1n) is 8.15. The van der Waals surface area contributed by atoms with Crippen molar-refractivity contribution in [1.29, 1.82) is 0 Å². The van der Waals surface area contributed by atoms with Crippen molar-refractivity contribution in [2.75, 3.05) is 13.6 Å². The monoisotopic (exact) mass is 346 g/mol. The van der Waals surface area contributed by atoms with Crippen LogP contribution in [0.3, 0.4) is 0 Å². The summed E-state index contributed by atoms with van der Waals surface area (Å²) in [7, 11) is 1.66. The first-order chi connectivity index (χ1) is 11.9. The molecule has 25 heavy (non-hydrogen) atoms. The molecular weight excluding hydrogens is 320 g/mol. The van der Waals surface area contributed by atoms with Crippen molar-refractivity contribution in [3.8, 4) is 0 Å². The average molecular weight is 346 g/mol. The zero-order valence-corrected chi connectivity index (χ0v) is 15.2. The summed E-state index contributed by atoms with van der Waals surface area (Å²) in [6.07, 6.45) is 5.62. The van der Waals surface area contributed by atoms with Gasteiger partial charge in [0.25, 0.3) is 0 Å². The van der Waals surface area contributed by atoms with E-state index in [1.165, 1.54) is 0 Å². The van der Waals surface area contributed by atoms with Crippen LogP contribution in [-0.2, 0) is 20.9 Å². The predicted octanol–water partition coefficient (Wildman–Crippen LogP) is 0.873. The van der Waals surface area contributed by atoms with Crippen LogP contribution in [0.5, 0.6) is 0 Å². The second-order valence-electron chi connectivity index (χ2n) is 6.13. The van der Waals surface area contributed by atoms with Crippen molar-refractivity contribution < 1.29 is 14.4 Å². The Kier molecular flexibility index (Phi) is 8.32. The van der Waals surface area contributed by atoms with Gasteiger partial charge in [-0.25, -0.2) is 0 Å². The van der Waals surface area contributed by atoms with Crippen molar-refractivity contribution in [2.24, 2.45) is 5.92 Å². The zero-order chi connectivity index (χ0) is 18.8. The first kappa shape index (κ1) is 20.3. The van der Waals surface area contributed by atoms with E-state index in [2.05, 4.69) is 15.6 Å². The second kappa shape index (κ2) is 10.2. The van der Waals surface area contributed by atoms with Crippen LogP contribution in [0.15, 0.2) is 36.2 Å². The molecule has 0 aliphatic rings. The summed E-state index contributed by atoms with van der Waals surface area (Å²) in [6, 6.07) is 3.43. The lowest BCUT2D eigenvalue weighted by Crippen LogP contribution is -2.43. The Morgan fingerprint density at radius 3 is 2.48 bits per heavy atom. The smallest absolute Gasteiger partial charge is 0.246 e. The Bertz CT molecular complexity index is 614. The van der Waals surface area contributed by atoms with Gasteiger partial charge in [0.05, 0.1) is 12.6 Å². The Balaban J connectivity index is 2.74. The third-order valence-electron chi connectivity index (χ3n) is 3.84. The molecule has 0 unspecified atom stereocenters. The highest BCUT2D eigenvalue weighted by atomic mass is 16.2. The Morgan fingerprint density at radius 2 is 1.92 bits per heavy atom. The first-order valence-corrected chi connectivity index (χ1v) is 8.15. The highest BCUT2D eigenvalue weighted by molar-refractivity contribution is 5.93. The van der Waals surface area contributed by atoms with Crippen LogP contribution in [0.2, 0.25) is 0 Å². The van der Waals surface area contributed by atoms with E-state index in [0.717, 1.165) is 5.56 Å². The minimum absolute atomic E-state index is 0.0651. The van der Waals surface area contributed by atoms with Gasteiger partial charge in [-0.1, -0.05) is 19.9 Å². The lowest BCUT2D eigenvalue weighted by molar-refractivity contribution is -0.132. The van der Waals surface area contributed by atoms with Crippen LogP contribution < -0.4 is 10.6 Å². The normalized spacial score (nSPS) is 12.4. The van der Waals surface area contributed by atoms with E-state index in [9.17, 15) is 14.4 Å². The third-order valence-corrected chi connectivity index (χ3v) is 3.84. The van der Waals surface area contributed by atoms with Gasteiger partial charge in [-0.05, 0) is 30.5 Å². The molecule has 1 atom stereocenters. The molecular formula is C18H26N4O3. The fourth-order valence-corrected chi connectivity index (χ4v) is 2.33. The zero-order valence-electron chi connectivity index (χ0n) is 15.2. The largest absolute Gasteiger partial charge is 0.350 e. The van der Waals surface area contributed by atoms with Crippen LogP contribution >= 0.6 is 0 Å². The summed E-state index contributed by atoms with van der Waals surface area (Å²) in [6.45, 7) is 6.01. The van der Waals surface area contributed by atoms with Crippen molar-refractivity contribution in [2.45, 2.75) is 33.4 Å². The number of carbonyl (C=O) groups is 3. The number of nitrogens with one attached hydrogen (secondary N) is 2. The average Bonchev–Trinajstić information content (AvgIpc) is 2.61. The highest BCUT2D eigenvalue weighted by Gasteiger charge is 2.22. The van der Waals surface area contributed by atoms with Crippen molar-refractivity contribution in [3.05, 3.63) is 41.7 Å². The summed E-state index contributed by atoms with van der Waals surface area (Å²) in [5.41, 5.74) is 1.50. The number of nitrogens with zero attached hydrogens (tertiary/aromatic N) is 2. The predicted molar refractivity (Wildman–Crippen MR) is 95.3 cm³/mol. The van der Waals surface area contributed by atoms with Crippen LogP contribution in [0, 0.1) is 5.92 Å². The maximum atomic E-state index is 12.3. The van der Waals surface area contributed by atoms with Crippen LogP contribution in [0.4, 0.5) is 0 Å². The van der Waals surface area contributed by atoms with Gasteiger partial charge in [0.1, 0.15) is 0 Å². The standard InChI is InChI=1S/C18H26N4O3/c1-13(2)16(22(4)17(24)11-20-12-23)9-14(3)18(25)21-10-15-5-7-19-8-6-15/h5-9,12-13,16H,10-11H2,1-4H3,(H,20,23)(H,21,25)/t16-/m1/s1. The van der Waals surface area contributed by atoms with Crippen molar-refractivity contribution in [3.63, 3.8) is 0 Å². The van der Waals surface area contributed by atoms with E-state index >= 15 is 0 Å². The van der Waals surface area contributed by atoms with E-state index in [0.29, 0.717) is 18.5 Å².